The molecule has 528 valence electrons. The van der Waals surface area contributed by atoms with Gasteiger partial charge in [0, 0.05) is 0 Å². The highest BCUT2D eigenvalue weighted by Gasteiger charge is 2.61. The van der Waals surface area contributed by atoms with Crippen LogP contribution in [0.3, 0.4) is 0 Å². The molecule has 91 heavy (non-hydrogen) atoms. The van der Waals surface area contributed by atoms with Crippen LogP contribution < -0.4 is 0 Å². The van der Waals surface area contributed by atoms with Crippen molar-refractivity contribution < 1.29 is 177 Å². The number of aliphatic hydroxyl groups is 18. The lowest BCUT2D eigenvalue weighted by Crippen LogP contribution is -2.70. The summed E-state index contributed by atoms with van der Waals surface area (Å²) in [5, 5.41) is 205. The van der Waals surface area contributed by atoms with Crippen molar-refractivity contribution in [1.29, 1.82) is 0 Å². The Hall–Kier alpha value is -1.44. The Balaban J connectivity index is 0.853. The van der Waals surface area contributed by atoms with Gasteiger partial charge in [0.2, 0.25) is 0 Å². The number of hydrogen-bond donors (Lipinski definition) is 18. The first kappa shape index (κ1) is 72.3. The molecule has 27 fully saturated rings. The molecule has 0 radical (unpaired) electrons. The van der Waals surface area contributed by atoms with Crippen LogP contribution in [0, 0.1) is 0 Å². The largest absolute Gasteiger partial charge is 0.387 e. The molecule has 0 aromatic heterocycles. The van der Waals surface area contributed by atoms with E-state index in [4.69, 9.17) is 85.3 Å². The van der Waals surface area contributed by atoms with E-state index in [9.17, 15) is 91.9 Å². The maximum atomic E-state index is 11.7. The fraction of sp³-hybridized carbons (Fsp3) is 1.00. The van der Waals surface area contributed by atoms with E-state index < -0.39 is 276 Å². The highest BCUT2D eigenvalue weighted by Crippen LogP contribution is 2.42. The van der Waals surface area contributed by atoms with E-state index in [1.807, 2.05) is 0 Å². The van der Waals surface area contributed by atoms with Crippen LogP contribution in [0.25, 0.3) is 0 Å². The molecule has 0 amide bonds. The molecule has 20 unspecified atom stereocenters. The lowest BCUT2D eigenvalue weighted by atomic mass is 9.85. The fourth-order valence-electron chi connectivity index (χ4n) is 13.3. The number of ether oxygens (including phenoxy) is 18. The minimum Gasteiger partial charge on any atom is -0.387 e. The van der Waals surface area contributed by atoms with Crippen molar-refractivity contribution in [2.75, 3.05) is 0 Å². The van der Waals surface area contributed by atoms with Gasteiger partial charge in [0.15, 0.2) is 56.6 Å². The van der Waals surface area contributed by atoms with Crippen LogP contribution in [0.4, 0.5) is 0 Å². The molecule has 18 bridgehead atoms. The Kier molecular flexibility index (Phi) is 22.6. The maximum Gasteiger partial charge on any atom is 0.187 e. The van der Waals surface area contributed by atoms with Crippen molar-refractivity contribution in [1.82, 2.24) is 0 Å². The quantitative estimate of drug-likeness (QED) is 0.107. The number of aliphatic hydroxyl groups excluding tert-OH is 18. The van der Waals surface area contributed by atoms with Gasteiger partial charge >= 0.3 is 0 Å². The van der Waals surface area contributed by atoms with E-state index >= 15 is 0 Å². The van der Waals surface area contributed by atoms with Gasteiger partial charge in [0.1, 0.15) is 164 Å². The van der Waals surface area contributed by atoms with E-state index in [1.54, 1.807) is 0 Å². The van der Waals surface area contributed by atoms with Crippen LogP contribution in [0.15, 0.2) is 0 Å². The minimum atomic E-state index is -1.99. The summed E-state index contributed by atoms with van der Waals surface area (Å²) < 4.78 is 107. The molecule has 0 aromatic carbocycles. The topological polar surface area (TPSA) is 530 Å². The zero-order valence-electron chi connectivity index (χ0n) is 51.3. The number of hydrogen-bond acceptors (Lipinski definition) is 36. The van der Waals surface area contributed by atoms with Crippen LogP contribution in [0.2, 0.25) is 0 Å². The molecule has 27 rings (SSSR count). The standard InChI is InChI=1S/C55H92O36/c1-11-37-20(56)28(64)46(74-11)83-38-12(2)75-48(29(65)21(38)57)85-40-14(4)77-50(31(67)23(40)59)87-42-16(6)79-52(33(69)25(42)61)89-44-18(8)81-54(35(71)27(44)63)91-55(10)19(9)82-53(36(72)45(55)73)90-43-17(7)80-51(34(70)26(43)62)88-41-15(5)78-49(32(68)24(41)60)86-39-13(3)76-47(84-37)30(66)22(39)58/h11-54,56-73H,1-10H3/t11?,12?,13?,14?,15?,16?,17?,18?,19?,20-,21-,22-,23-,24-,25-,26-,27-,28?,29?,30?,31?,32?,33?,34?,35?,36?,37+,38+,39+,40+,41+,42+,43+,44+,45?,46+,47+,48+,49+,50+,51+,52+,53+,54+,55?/m1/s1. The van der Waals surface area contributed by atoms with Gasteiger partial charge in [0.05, 0.1) is 54.9 Å². The normalized spacial score (nSPS) is 60.0. The molecule has 0 aromatic rings. The van der Waals surface area contributed by atoms with Gasteiger partial charge < -0.3 is 177 Å². The first-order valence-corrected chi connectivity index (χ1v) is 30.7. The Morgan fingerprint density at radius 2 is 0.341 bits per heavy atom. The summed E-state index contributed by atoms with van der Waals surface area (Å²) in [6, 6.07) is 0. The van der Waals surface area contributed by atoms with Crippen molar-refractivity contribution in [2.45, 2.75) is 345 Å². The Morgan fingerprint density at radius 1 is 0.187 bits per heavy atom. The monoisotopic (exact) mass is 1330 g/mol. The van der Waals surface area contributed by atoms with Gasteiger partial charge in [-0.05, 0) is 69.2 Å². The van der Waals surface area contributed by atoms with Crippen LogP contribution in [-0.4, -0.2) is 368 Å². The summed E-state index contributed by atoms with van der Waals surface area (Å²) in [7, 11) is 0. The van der Waals surface area contributed by atoms with Crippen LogP contribution in [-0.2, 0) is 85.3 Å². The highest BCUT2D eigenvalue weighted by molar-refractivity contribution is 5.04. The van der Waals surface area contributed by atoms with E-state index in [-0.39, 0.29) is 0 Å². The van der Waals surface area contributed by atoms with Gasteiger partial charge in [-0.3, -0.25) is 0 Å². The van der Waals surface area contributed by atoms with Crippen LogP contribution in [0.5, 0.6) is 0 Å². The Labute approximate surface area is 521 Å². The fourth-order valence-corrected chi connectivity index (χ4v) is 13.3. The summed E-state index contributed by atoms with van der Waals surface area (Å²) >= 11 is 0. The molecule has 27 saturated heterocycles. The molecular formula is C55H92O36. The van der Waals surface area contributed by atoms with Crippen LogP contribution in [0.1, 0.15) is 69.2 Å². The molecule has 27 aliphatic rings. The third-order valence-electron chi connectivity index (χ3n) is 19.2. The molecule has 0 aliphatic carbocycles. The number of rotatable bonds is 0. The van der Waals surface area contributed by atoms with Crippen molar-refractivity contribution in [3.8, 4) is 0 Å². The molecule has 18 N–H and O–H groups in total. The second kappa shape index (κ2) is 28.4. The third kappa shape index (κ3) is 13.8. The average Bonchev–Trinajstić information content (AvgIpc) is 0.804. The molecule has 0 spiro atoms. The van der Waals surface area contributed by atoms with E-state index in [0.717, 1.165) is 0 Å². The molecule has 36 heteroatoms. The minimum absolute atomic E-state index is 1.20. The molecule has 36 nitrogen and oxygen atoms in total. The second-order valence-corrected chi connectivity index (χ2v) is 25.7. The summed E-state index contributed by atoms with van der Waals surface area (Å²) in [4.78, 5) is 0. The Morgan fingerprint density at radius 3 is 0.527 bits per heavy atom. The zero-order valence-corrected chi connectivity index (χ0v) is 51.3. The maximum absolute atomic E-state index is 11.7. The highest BCUT2D eigenvalue weighted by atomic mass is 16.8. The summed E-state index contributed by atoms with van der Waals surface area (Å²) in [6.45, 7) is 13.9. The van der Waals surface area contributed by atoms with Gasteiger partial charge in [-0.25, -0.2) is 0 Å². The predicted molar refractivity (Wildman–Crippen MR) is 286 cm³/mol. The SMILES string of the molecule is CC1O[C@H]2O[C@H]3C(C)O[C@@H](O[C@H]4C(C)O[C@@H](O[C@H]5C(C)O[C@@H](O[C@H]6C(C)O[C@@H](O[C@H]7C(C)O[C@@H](O[C@H]8C(C)O[C@@H](O[C@H]9C(C)O[C@@H](OC%10(C)C(C)O[C@@H](O[C@@H]1[C@H](O)C2O)C(O)C%10O)C(O)[C@H]9O)C(O)[C@H]8O)C(O)[C@H]7O)C(O)[C@H]6O)C(O)[C@H]5O)C(O)[C@H]4O)C(O)[C@H]3O. The molecule has 27 heterocycles. The summed E-state index contributed by atoms with van der Waals surface area (Å²) in [6.07, 6.45) is -73.2. The third-order valence-corrected chi connectivity index (χ3v) is 19.2. The molecule has 0 saturated carbocycles. The van der Waals surface area contributed by atoms with Gasteiger partial charge in [-0.2, -0.15) is 0 Å². The van der Waals surface area contributed by atoms with Crippen molar-refractivity contribution in [3.63, 3.8) is 0 Å². The smallest absolute Gasteiger partial charge is 0.187 e. The molecular weight excluding hydrogens is 1240 g/mol. The summed E-state index contributed by atoms with van der Waals surface area (Å²) in [5.41, 5.74) is -1.96. The van der Waals surface area contributed by atoms with Gasteiger partial charge in [0.25, 0.3) is 0 Å². The van der Waals surface area contributed by atoms with E-state index in [1.165, 1.54) is 69.2 Å². The van der Waals surface area contributed by atoms with Crippen molar-refractivity contribution in [3.05, 3.63) is 0 Å². The predicted octanol–water partition coefficient (Wildman–Crippen LogP) is -9.94. The first-order chi connectivity index (χ1) is 42.6. The summed E-state index contributed by atoms with van der Waals surface area (Å²) in [5.74, 6) is 0. The lowest BCUT2D eigenvalue weighted by molar-refractivity contribution is -0.405. The van der Waals surface area contributed by atoms with E-state index in [0.29, 0.717) is 0 Å². The van der Waals surface area contributed by atoms with E-state index in [2.05, 4.69) is 0 Å². The van der Waals surface area contributed by atoms with Gasteiger partial charge in [-0.1, -0.05) is 0 Å². The first-order valence-electron chi connectivity index (χ1n) is 30.7. The molecule has 27 aliphatic heterocycles. The zero-order chi connectivity index (χ0) is 66.6. The van der Waals surface area contributed by atoms with Crippen molar-refractivity contribution >= 4 is 0 Å². The van der Waals surface area contributed by atoms with Gasteiger partial charge in [-0.15, -0.1) is 0 Å². The molecule has 45 atom stereocenters. The lowest BCUT2D eigenvalue weighted by Gasteiger charge is -2.52. The second-order valence-electron chi connectivity index (χ2n) is 25.7. The Bertz CT molecular complexity index is 2360. The van der Waals surface area contributed by atoms with Crippen molar-refractivity contribution in [2.24, 2.45) is 0 Å². The average molecular weight is 1330 g/mol. The van der Waals surface area contributed by atoms with Crippen LogP contribution >= 0.6 is 0 Å².